The van der Waals surface area contributed by atoms with Crippen LogP contribution in [0.25, 0.3) is 0 Å². The average Bonchev–Trinajstić information content (AvgIpc) is 2.51. The Morgan fingerprint density at radius 1 is 1.75 bits per heavy atom. The molecule has 1 N–H and O–H groups in total. The van der Waals surface area contributed by atoms with Gasteiger partial charge in [-0.15, -0.1) is 0 Å². The van der Waals surface area contributed by atoms with Gasteiger partial charge >= 0.3 is 0 Å². The van der Waals surface area contributed by atoms with Crippen molar-refractivity contribution >= 4 is 17.1 Å². The van der Waals surface area contributed by atoms with E-state index in [2.05, 4.69) is 16.8 Å². The molecule has 0 saturated heterocycles. The van der Waals surface area contributed by atoms with E-state index in [9.17, 15) is 4.79 Å². The van der Waals surface area contributed by atoms with Crippen molar-refractivity contribution < 1.29 is 4.79 Å². The number of hydrogen-bond acceptors (Lipinski definition) is 3. The largest absolute Gasteiger partial charge is 0.310 e. The Bertz CT molecular complexity index is 243. The standard InChI is InChI=1S/C9H13NOS/c1-7(11)9(10-2)5-8-3-4-12-6-8/h3-4,6,9-10H,5H2,1-2H3/t9-/m1/s1. The van der Waals surface area contributed by atoms with Crippen molar-refractivity contribution in [3.05, 3.63) is 22.4 Å². The van der Waals surface area contributed by atoms with Crippen LogP contribution >= 0.6 is 11.3 Å². The highest BCUT2D eigenvalue weighted by Crippen LogP contribution is 2.08. The molecule has 3 heteroatoms. The second kappa shape index (κ2) is 4.38. The maximum absolute atomic E-state index is 11.0. The molecule has 0 aromatic carbocycles. The minimum absolute atomic E-state index is 0.0281. The fourth-order valence-corrected chi connectivity index (χ4v) is 1.78. The SMILES string of the molecule is CN[C@H](Cc1ccsc1)C(C)=O. The molecule has 0 radical (unpaired) electrons. The number of Topliss-reactive ketones (excluding diaryl/α,β-unsaturated/α-hetero) is 1. The summed E-state index contributed by atoms with van der Waals surface area (Å²) in [6.45, 7) is 1.62. The van der Waals surface area contributed by atoms with E-state index in [1.54, 1.807) is 18.3 Å². The highest BCUT2D eigenvalue weighted by molar-refractivity contribution is 7.07. The summed E-state index contributed by atoms with van der Waals surface area (Å²) in [6, 6.07) is 2.03. The number of likely N-dealkylation sites (N-methyl/N-ethyl adjacent to an activating group) is 1. The first kappa shape index (κ1) is 9.42. The lowest BCUT2D eigenvalue weighted by molar-refractivity contribution is -0.118. The van der Waals surface area contributed by atoms with Gasteiger partial charge in [0.25, 0.3) is 0 Å². The Labute approximate surface area is 76.6 Å². The zero-order valence-corrected chi connectivity index (χ0v) is 8.15. The summed E-state index contributed by atoms with van der Waals surface area (Å²) in [7, 11) is 1.82. The van der Waals surface area contributed by atoms with Crippen LogP contribution in [0.3, 0.4) is 0 Å². The van der Waals surface area contributed by atoms with E-state index in [-0.39, 0.29) is 11.8 Å². The smallest absolute Gasteiger partial charge is 0.147 e. The Kier molecular flexibility index (Phi) is 3.44. The monoisotopic (exact) mass is 183 g/mol. The third-order valence-electron chi connectivity index (χ3n) is 1.86. The molecule has 0 aliphatic rings. The zero-order chi connectivity index (χ0) is 8.97. The van der Waals surface area contributed by atoms with Gasteiger partial charge < -0.3 is 5.32 Å². The average molecular weight is 183 g/mol. The van der Waals surface area contributed by atoms with Gasteiger partial charge in [-0.1, -0.05) is 0 Å². The fourth-order valence-electron chi connectivity index (χ4n) is 1.09. The number of carbonyl (C=O) groups is 1. The summed E-state index contributed by atoms with van der Waals surface area (Å²) in [5.41, 5.74) is 1.23. The van der Waals surface area contributed by atoms with Crippen molar-refractivity contribution in [1.29, 1.82) is 0 Å². The van der Waals surface area contributed by atoms with Gasteiger partial charge in [-0.05, 0) is 42.8 Å². The van der Waals surface area contributed by atoms with Gasteiger partial charge in [-0.25, -0.2) is 0 Å². The summed E-state index contributed by atoms with van der Waals surface area (Å²) in [5, 5.41) is 7.10. The van der Waals surface area contributed by atoms with Crippen molar-refractivity contribution in [1.82, 2.24) is 5.32 Å². The predicted octanol–water partition coefficient (Wildman–Crippen LogP) is 1.47. The Morgan fingerprint density at radius 3 is 2.92 bits per heavy atom. The number of hydrogen-bond donors (Lipinski definition) is 1. The first-order valence-electron chi connectivity index (χ1n) is 3.93. The minimum atomic E-state index is -0.0281. The van der Waals surface area contributed by atoms with Gasteiger partial charge in [0.05, 0.1) is 6.04 Å². The molecule has 1 aromatic heterocycles. The highest BCUT2D eigenvalue weighted by Gasteiger charge is 2.11. The lowest BCUT2D eigenvalue weighted by atomic mass is 10.1. The molecular formula is C9H13NOS. The molecule has 0 aliphatic carbocycles. The summed E-state index contributed by atoms with van der Waals surface area (Å²) >= 11 is 1.66. The molecule has 2 nitrogen and oxygen atoms in total. The van der Waals surface area contributed by atoms with Gasteiger partial charge in [-0.2, -0.15) is 11.3 Å². The van der Waals surface area contributed by atoms with Gasteiger partial charge in [-0.3, -0.25) is 4.79 Å². The van der Waals surface area contributed by atoms with Crippen LogP contribution in [0.4, 0.5) is 0 Å². The van der Waals surface area contributed by atoms with E-state index >= 15 is 0 Å². The fraction of sp³-hybridized carbons (Fsp3) is 0.444. The van der Waals surface area contributed by atoms with E-state index < -0.39 is 0 Å². The van der Waals surface area contributed by atoms with Crippen LogP contribution in [0.15, 0.2) is 16.8 Å². The molecule has 0 fully saturated rings. The molecule has 1 rings (SSSR count). The first-order valence-corrected chi connectivity index (χ1v) is 4.87. The molecular weight excluding hydrogens is 170 g/mol. The maximum atomic E-state index is 11.0. The maximum Gasteiger partial charge on any atom is 0.147 e. The van der Waals surface area contributed by atoms with Gasteiger partial charge in [0, 0.05) is 0 Å². The second-order valence-corrected chi connectivity index (χ2v) is 3.57. The molecule has 0 spiro atoms. The Hall–Kier alpha value is -0.670. The van der Waals surface area contributed by atoms with E-state index in [0.717, 1.165) is 6.42 Å². The second-order valence-electron chi connectivity index (χ2n) is 2.79. The van der Waals surface area contributed by atoms with E-state index in [0.29, 0.717) is 0 Å². The highest BCUT2D eigenvalue weighted by atomic mass is 32.1. The van der Waals surface area contributed by atoms with Crippen LogP contribution in [0.2, 0.25) is 0 Å². The van der Waals surface area contributed by atoms with E-state index in [4.69, 9.17) is 0 Å². The van der Waals surface area contributed by atoms with Crippen LogP contribution in [-0.2, 0) is 11.2 Å². The number of ketones is 1. The van der Waals surface area contributed by atoms with Crippen LogP contribution in [0, 0.1) is 0 Å². The quantitative estimate of drug-likeness (QED) is 0.766. The van der Waals surface area contributed by atoms with Gasteiger partial charge in [0.2, 0.25) is 0 Å². The molecule has 66 valence electrons. The number of nitrogens with one attached hydrogen (secondary N) is 1. The van der Waals surface area contributed by atoms with Crippen molar-refractivity contribution in [3.8, 4) is 0 Å². The third kappa shape index (κ3) is 2.43. The molecule has 12 heavy (non-hydrogen) atoms. The van der Waals surface area contributed by atoms with Gasteiger partial charge in [0.15, 0.2) is 0 Å². The summed E-state index contributed by atoms with van der Waals surface area (Å²) in [4.78, 5) is 11.0. The van der Waals surface area contributed by atoms with Crippen molar-refractivity contribution in [2.24, 2.45) is 0 Å². The van der Waals surface area contributed by atoms with Gasteiger partial charge in [0.1, 0.15) is 5.78 Å². The normalized spacial score (nSPS) is 12.8. The number of thiophene rings is 1. The lowest BCUT2D eigenvalue weighted by Gasteiger charge is -2.10. The van der Waals surface area contributed by atoms with Crippen LogP contribution < -0.4 is 5.32 Å². The molecule has 0 saturated carbocycles. The number of carbonyl (C=O) groups excluding carboxylic acids is 1. The zero-order valence-electron chi connectivity index (χ0n) is 7.33. The molecule has 1 aromatic rings. The van der Waals surface area contributed by atoms with E-state index in [1.165, 1.54) is 5.56 Å². The molecule has 0 amide bonds. The Balaban J connectivity index is 2.54. The van der Waals surface area contributed by atoms with Crippen LogP contribution in [-0.4, -0.2) is 18.9 Å². The Morgan fingerprint density at radius 2 is 2.50 bits per heavy atom. The molecule has 0 unspecified atom stereocenters. The molecule has 1 atom stereocenters. The molecule has 0 bridgehead atoms. The summed E-state index contributed by atoms with van der Waals surface area (Å²) in [6.07, 6.45) is 0.801. The topological polar surface area (TPSA) is 29.1 Å². The van der Waals surface area contributed by atoms with Crippen molar-refractivity contribution in [2.75, 3.05) is 7.05 Å². The van der Waals surface area contributed by atoms with E-state index in [1.807, 2.05) is 12.4 Å². The lowest BCUT2D eigenvalue weighted by Crippen LogP contribution is -2.34. The number of rotatable bonds is 4. The summed E-state index contributed by atoms with van der Waals surface area (Å²) in [5.74, 6) is 0.198. The summed E-state index contributed by atoms with van der Waals surface area (Å²) < 4.78 is 0. The van der Waals surface area contributed by atoms with Crippen molar-refractivity contribution in [2.45, 2.75) is 19.4 Å². The van der Waals surface area contributed by atoms with Crippen molar-refractivity contribution in [3.63, 3.8) is 0 Å². The third-order valence-corrected chi connectivity index (χ3v) is 2.59. The minimum Gasteiger partial charge on any atom is -0.310 e. The molecule has 0 aliphatic heterocycles. The van der Waals surface area contributed by atoms with Crippen LogP contribution in [0.5, 0.6) is 0 Å². The molecule has 1 heterocycles. The first-order chi connectivity index (χ1) is 5.74. The van der Waals surface area contributed by atoms with Crippen LogP contribution in [0.1, 0.15) is 12.5 Å². The predicted molar refractivity (Wildman–Crippen MR) is 51.6 cm³/mol.